The molecule has 0 atom stereocenters. The summed E-state index contributed by atoms with van der Waals surface area (Å²) < 4.78 is 5.82. The minimum Gasteiger partial charge on any atom is -1.00 e. The number of hydrogen-bond acceptors (Lipinski definition) is 1. The van der Waals surface area contributed by atoms with Gasteiger partial charge >= 0.3 is 29.6 Å². The summed E-state index contributed by atoms with van der Waals surface area (Å²) in [6.45, 7) is 6.58. The van der Waals surface area contributed by atoms with Crippen LogP contribution in [0.15, 0.2) is 60.7 Å². The first-order valence-corrected chi connectivity index (χ1v) is 18.1. The van der Waals surface area contributed by atoms with E-state index in [1.807, 2.05) is 12.1 Å². The Hall–Kier alpha value is -0.600. The van der Waals surface area contributed by atoms with Crippen molar-refractivity contribution < 1.29 is 35.7 Å². The molecular weight excluding hydrogens is 519 g/mol. The van der Waals surface area contributed by atoms with Gasteiger partial charge < -0.3 is 6.16 Å². The maximum Gasteiger partial charge on any atom is 1.00 e. The van der Waals surface area contributed by atoms with E-state index in [-0.39, 0.29) is 31.0 Å². The van der Waals surface area contributed by atoms with E-state index < -0.39 is 0 Å². The van der Waals surface area contributed by atoms with Gasteiger partial charge in [-0.25, -0.2) is 0 Å². The number of ether oxygens (including phenoxy) is 1. The van der Waals surface area contributed by atoms with E-state index in [0.717, 1.165) is 13.2 Å². The van der Waals surface area contributed by atoms with E-state index in [1.54, 1.807) is 0 Å². The summed E-state index contributed by atoms with van der Waals surface area (Å²) in [5.41, 5.74) is 2.55. The average Bonchev–Trinajstić information content (AvgIpc) is 3.02. The molecule has 0 radical (unpaired) electrons. The second-order valence-electron chi connectivity index (χ2n) is 12.1. The molecule has 2 heteroatoms. The van der Waals surface area contributed by atoms with Crippen molar-refractivity contribution in [2.75, 3.05) is 13.2 Å². The summed E-state index contributed by atoms with van der Waals surface area (Å²) in [6, 6.07) is 20.8. The van der Waals surface area contributed by atoms with Gasteiger partial charge in [-0.1, -0.05) is 216 Å². The van der Waals surface area contributed by atoms with Crippen LogP contribution in [0.1, 0.15) is 169 Å². The molecule has 236 valence electrons. The second kappa shape index (κ2) is 34.9. The first-order chi connectivity index (χ1) is 20.4. The van der Waals surface area contributed by atoms with Gasteiger partial charge in [0, 0.05) is 13.2 Å². The Labute approximate surface area is 287 Å². The molecule has 0 bridgehead atoms. The molecule has 0 fully saturated rings. The fourth-order valence-electron chi connectivity index (χ4n) is 5.45. The number of benzene rings is 2. The van der Waals surface area contributed by atoms with Crippen LogP contribution in [-0.4, -0.2) is 13.2 Å². The molecule has 1 nitrogen and oxygen atoms in total. The van der Waals surface area contributed by atoms with Crippen LogP contribution in [0.5, 0.6) is 0 Å². The summed E-state index contributed by atoms with van der Waals surface area (Å²) >= 11 is 0. The van der Waals surface area contributed by atoms with Crippen LogP contribution < -0.4 is 29.6 Å². The predicted molar refractivity (Wildman–Crippen MR) is 186 cm³/mol. The largest absolute Gasteiger partial charge is 1.00 e. The Bertz CT molecular complexity index is 675. The van der Waals surface area contributed by atoms with Gasteiger partial charge in [0.1, 0.15) is 0 Å². The molecule has 0 aliphatic carbocycles. The number of unbranched alkanes of at least 4 members (excludes halogenated alkanes) is 22. The van der Waals surface area contributed by atoms with E-state index >= 15 is 0 Å². The monoisotopic (exact) mass is 589 g/mol. The third-order valence-corrected chi connectivity index (χ3v) is 8.17. The van der Waals surface area contributed by atoms with Crippen molar-refractivity contribution in [3.63, 3.8) is 0 Å². The Morgan fingerprint density at radius 1 is 0.357 bits per heavy atom. The van der Waals surface area contributed by atoms with Crippen molar-refractivity contribution in [1.82, 2.24) is 0 Å². The maximum atomic E-state index is 5.82. The third-order valence-electron chi connectivity index (χ3n) is 8.17. The molecule has 42 heavy (non-hydrogen) atoms. The predicted octanol–water partition coefficient (Wildman–Crippen LogP) is 10.9. The van der Waals surface area contributed by atoms with Crippen LogP contribution in [0.4, 0.5) is 0 Å². The number of rotatable bonds is 27. The van der Waals surface area contributed by atoms with Crippen LogP contribution in [0.25, 0.3) is 11.1 Å². The fourth-order valence-corrected chi connectivity index (χ4v) is 5.45. The molecule has 0 spiro atoms. The Kier molecular flexibility index (Phi) is 34.4. The Balaban J connectivity index is 0. The van der Waals surface area contributed by atoms with E-state index in [9.17, 15) is 0 Å². The number of hydrogen-bond donors (Lipinski definition) is 0. The van der Waals surface area contributed by atoms with Gasteiger partial charge in [-0.3, -0.25) is 0 Å². The van der Waals surface area contributed by atoms with Crippen molar-refractivity contribution in [1.29, 1.82) is 0 Å². The molecule has 0 unspecified atom stereocenters. The normalized spacial score (nSPS) is 10.6. The van der Waals surface area contributed by atoms with Crippen LogP contribution >= 0.6 is 0 Å². The van der Waals surface area contributed by atoms with Crippen LogP contribution in [0.2, 0.25) is 0 Å². The van der Waals surface area contributed by atoms with Gasteiger partial charge in [-0.15, -0.1) is 0 Å². The molecule has 0 aliphatic rings. The summed E-state index contributed by atoms with van der Waals surface area (Å²) in [5, 5.41) is 0. The fraction of sp³-hybridized carbons (Fsp3) is 0.700. The first-order valence-electron chi connectivity index (χ1n) is 18.1. The van der Waals surface area contributed by atoms with Crippen molar-refractivity contribution in [2.24, 2.45) is 0 Å². The van der Waals surface area contributed by atoms with E-state index in [0.29, 0.717) is 0 Å². The second-order valence-corrected chi connectivity index (χ2v) is 12.1. The molecule has 0 saturated carbocycles. The Morgan fingerprint density at radius 2 is 0.595 bits per heavy atom. The molecule has 0 aromatic heterocycles. The molecule has 2 aromatic rings. The van der Waals surface area contributed by atoms with Gasteiger partial charge in [0.25, 0.3) is 0 Å². The van der Waals surface area contributed by atoms with Gasteiger partial charge in [-0.2, -0.15) is 0 Å². The molecule has 0 heterocycles. The first kappa shape index (κ1) is 41.4. The molecule has 0 saturated heterocycles. The van der Waals surface area contributed by atoms with Crippen molar-refractivity contribution >= 4 is 0 Å². The van der Waals surface area contributed by atoms with Gasteiger partial charge in [0.15, 0.2) is 0 Å². The van der Waals surface area contributed by atoms with E-state index in [2.05, 4.69) is 62.4 Å². The Morgan fingerprint density at radius 3 is 0.857 bits per heavy atom. The van der Waals surface area contributed by atoms with Gasteiger partial charge in [0.05, 0.1) is 0 Å². The van der Waals surface area contributed by atoms with Crippen molar-refractivity contribution in [3.05, 3.63) is 60.7 Å². The molecule has 2 rings (SSSR count). The minimum absolute atomic E-state index is 0. The van der Waals surface area contributed by atoms with Crippen LogP contribution in [0, 0.1) is 0 Å². The maximum absolute atomic E-state index is 5.82. The molecule has 0 amide bonds. The summed E-state index contributed by atoms with van der Waals surface area (Å²) in [5.74, 6) is 0. The van der Waals surface area contributed by atoms with Crippen molar-refractivity contribution in [2.45, 2.75) is 168 Å². The van der Waals surface area contributed by atoms with Gasteiger partial charge in [-0.05, 0) is 24.0 Å². The van der Waals surface area contributed by atoms with E-state index in [4.69, 9.17) is 4.74 Å². The molecule has 2 aromatic carbocycles. The van der Waals surface area contributed by atoms with Crippen LogP contribution in [-0.2, 0) is 4.74 Å². The standard InChI is InChI=1S/C28H58O.C12H10.Na.H/c1-3-5-7-9-11-13-15-17-19-21-23-25-27-29-28-26-24-22-20-18-16-14-12-10-8-6-4-2;1-3-7-11(8-4-1)12-9-5-2-6-10-12;;/h3-28H2,1-2H3;1-10H;;/q;;+1;-1. The smallest absolute Gasteiger partial charge is 1.00 e. The van der Waals surface area contributed by atoms with Crippen LogP contribution in [0.3, 0.4) is 0 Å². The molecular formula is C40H69NaO. The minimum atomic E-state index is 0. The topological polar surface area (TPSA) is 9.23 Å². The molecule has 0 N–H and O–H groups in total. The zero-order chi connectivity index (χ0) is 29.3. The van der Waals surface area contributed by atoms with E-state index in [1.165, 1.54) is 165 Å². The summed E-state index contributed by atoms with van der Waals surface area (Å²) in [4.78, 5) is 0. The zero-order valence-corrected chi connectivity index (χ0v) is 30.6. The average molecular weight is 589 g/mol. The SMILES string of the molecule is CCCCCCCCCCCCCCOCCCCCCCCCCCCCC.[H-].[Na+].c1ccc(-c2ccccc2)cc1. The van der Waals surface area contributed by atoms with Crippen molar-refractivity contribution in [3.8, 4) is 11.1 Å². The van der Waals surface area contributed by atoms with Gasteiger partial charge in [0.2, 0.25) is 0 Å². The zero-order valence-electron chi connectivity index (χ0n) is 29.6. The quantitative estimate of drug-likeness (QED) is 0.0745. The third kappa shape index (κ3) is 28.2. The molecule has 0 aliphatic heterocycles. The summed E-state index contributed by atoms with van der Waals surface area (Å²) in [6.07, 6.45) is 34.1. The summed E-state index contributed by atoms with van der Waals surface area (Å²) in [7, 11) is 0.